The highest BCUT2D eigenvalue weighted by Crippen LogP contribution is 2.25. The lowest BCUT2D eigenvalue weighted by Crippen LogP contribution is -2.10. The summed E-state index contributed by atoms with van der Waals surface area (Å²) < 4.78 is 18.6. The highest BCUT2D eigenvalue weighted by atomic mass is 35.5. The van der Waals surface area contributed by atoms with Gasteiger partial charge in [-0.15, -0.1) is 0 Å². The minimum atomic E-state index is -0.445. The molecule has 3 rings (SSSR count). The Bertz CT molecular complexity index is 829. The second kappa shape index (κ2) is 6.03. The normalized spacial score (nSPS) is 10.5. The van der Waals surface area contributed by atoms with Gasteiger partial charge in [0.1, 0.15) is 11.6 Å². The summed E-state index contributed by atoms with van der Waals surface area (Å²) in [6.07, 6.45) is 0. The SMILES string of the molecule is O=C(Nc1cccc(F)c1)c1ccc(-c2cccc(Cl)c2)o1. The molecule has 0 radical (unpaired) electrons. The van der Waals surface area contributed by atoms with Gasteiger partial charge in [0, 0.05) is 16.3 Å². The number of rotatable bonds is 3. The first kappa shape index (κ1) is 14.4. The van der Waals surface area contributed by atoms with Crippen molar-refractivity contribution < 1.29 is 13.6 Å². The van der Waals surface area contributed by atoms with Gasteiger partial charge in [0.2, 0.25) is 0 Å². The summed E-state index contributed by atoms with van der Waals surface area (Å²) in [4.78, 5) is 12.1. The number of anilines is 1. The topological polar surface area (TPSA) is 42.2 Å². The molecule has 5 heteroatoms. The molecule has 0 fully saturated rings. The van der Waals surface area contributed by atoms with Crippen molar-refractivity contribution in [2.75, 3.05) is 5.32 Å². The van der Waals surface area contributed by atoms with E-state index in [0.29, 0.717) is 16.5 Å². The summed E-state index contributed by atoms with van der Waals surface area (Å²) in [6.45, 7) is 0. The third-order valence-corrected chi connectivity index (χ3v) is 3.26. The molecule has 110 valence electrons. The van der Waals surface area contributed by atoms with E-state index in [-0.39, 0.29) is 5.76 Å². The molecule has 1 heterocycles. The monoisotopic (exact) mass is 315 g/mol. The fourth-order valence-electron chi connectivity index (χ4n) is 2.02. The second-order valence-corrected chi connectivity index (χ2v) is 5.08. The third kappa shape index (κ3) is 3.18. The van der Waals surface area contributed by atoms with Gasteiger partial charge in [0.15, 0.2) is 5.76 Å². The molecule has 1 aromatic heterocycles. The summed E-state index contributed by atoms with van der Waals surface area (Å²) >= 11 is 5.93. The molecule has 0 atom stereocenters. The molecule has 1 N–H and O–H groups in total. The van der Waals surface area contributed by atoms with Gasteiger partial charge in [-0.3, -0.25) is 4.79 Å². The average Bonchev–Trinajstić information content (AvgIpc) is 2.97. The first-order valence-electron chi connectivity index (χ1n) is 6.54. The molecule has 1 amide bonds. The van der Waals surface area contributed by atoms with Gasteiger partial charge >= 0.3 is 0 Å². The van der Waals surface area contributed by atoms with Crippen molar-refractivity contribution >= 4 is 23.2 Å². The van der Waals surface area contributed by atoms with Gasteiger partial charge < -0.3 is 9.73 Å². The summed E-state index contributed by atoms with van der Waals surface area (Å²) in [5.74, 6) is -0.193. The zero-order valence-corrected chi connectivity index (χ0v) is 12.1. The molecule has 0 unspecified atom stereocenters. The molecular weight excluding hydrogens is 305 g/mol. The Labute approximate surface area is 131 Å². The van der Waals surface area contributed by atoms with Crippen molar-refractivity contribution in [3.05, 3.63) is 77.3 Å². The van der Waals surface area contributed by atoms with Crippen molar-refractivity contribution in [1.82, 2.24) is 0 Å². The maximum absolute atomic E-state index is 13.1. The van der Waals surface area contributed by atoms with Crippen molar-refractivity contribution in [3.8, 4) is 11.3 Å². The number of furan rings is 1. The van der Waals surface area contributed by atoms with Crippen LogP contribution in [0.1, 0.15) is 10.6 Å². The van der Waals surface area contributed by atoms with E-state index in [0.717, 1.165) is 5.56 Å². The summed E-state index contributed by atoms with van der Waals surface area (Å²) in [5.41, 5.74) is 1.14. The predicted molar refractivity (Wildman–Crippen MR) is 83.5 cm³/mol. The standard InChI is InChI=1S/C17H11ClFNO2/c18-12-4-1-3-11(9-12)15-7-8-16(22-15)17(21)20-14-6-2-5-13(19)10-14/h1-10H,(H,20,21). The Balaban J connectivity index is 1.80. The van der Waals surface area contributed by atoms with Gasteiger partial charge in [-0.25, -0.2) is 4.39 Å². The Morgan fingerprint density at radius 3 is 2.64 bits per heavy atom. The maximum atomic E-state index is 13.1. The zero-order chi connectivity index (χ0) is 15.5. The molecule has 0 saturated heterocycles. The van der Waals surface area contributed by atoms with E-state index in [1.807, 2.05) is 6.07 Å². The van der Waals surface area contributed by atoms with Gasteiger partial charge in [-0.2, -0.15) is 0 Å². The molecule has 22 heavy (non-hydrogen) atoms. The average molecular weight is 316 g/mol. The number of hydrogen-bond donors (Lipinski definition) is 1. The van der Waals surface area contributed by atoms with Crippen LogP contribution >= 0.6 is 11.6 Å². The lowest BCUT2D eigenvalue weighted by Gasteiger charge is -2.03. The van der Waals surface area contributed by atoms with Crippen LogP contribution in [0.3, 0.4) is 0 Å². The molecule has 0 saturated carbocycles. The first-order chi connectivity index (χ1) is 10.6. The molecular formula is C17H11ClFNO2. The lowest BCUT2D eigenvalue weighted by atomic mass is 10.2. The van der Waals surface area contributed by atoms with Crippen LogP contribution in [0, 0.1) is 5.82 Å². The van der Waals surface area contributed by atoms with Gasteiger partial charge in [0.05, 0.1) is 0 Å². The van der Waals surface area contributed by atoms with Crippen LogP contribution in [0.4, 0.5) is 10.1 Å². The van der Waals surface area contributed by atoms with Gasteiger partial charge in [-0.1, -0.05) is 29.8 Å². The Hall–Kier alpha value is -2.59. The number of nitrogens with one attached hydrogen (secondary N) is 1. The van der Waals surface area contributed by atoms with Gasteiger partial charge in [0.25, 0.3) is 5.91 Å². The Kier molecular flexibility index (Phi) is 3.94. The van der Waals surface area contributed by atoms with E-state index >= 15 is 0 Å². The van der Waals surface area contributed by atoms with E-state index in [4.69, 9.17) is 16.0 Å². The van der Waals surface area contributed by atoms with E-state index in [9.17, 15) is 9.18 Å². The number of carbonyl (C=O) groups is 1. The number of amides is 1. The highest BCUT2D eigenvalue weighted by molar-refractivity contribution is 6.30. The van der Waals surface area contributed by atoms with Crippen LogP contribution in [-0.4, -0.2) is 5.91 Å². The minimum absolute atomic E-state index is 0.138. The van der Waals surface area contributed by atoms with Crippen LogP contribution in [0.2, 0.25) is 5.02 Å². The predicted octanol–water partition coefficient (Wildman–Crippen LogP) is 4.99. The van der Waals surface area contributed by atoms with Crippen LogP contribution in [0.25, 0.3) is 11.3 Å². The molecule has 0 aliphatic carbocycles. The number of hydrogen-bond acceptors (Lipinski definition) is 2. The summed E-state index contributed by atoms with van der Waals surface area (Å²) in [5, 5.41) is 3.16. The molecule has 0 aliphatic rings. The van der Waals surface area contributed by atoms with Crippen molar-refractivity contribution in [1.29, 1.82) is 0 Å². The largest absolute Gasteiger partial charge is 0.451 e. The van der Waals surface area contributed by atoms with E-state index in [1.54, 1.807) is 36.4 Å². The number of halogens is 2. The fourth-order valence-corrected chi connectivity index (χ4v) is 2.21. The molecule has 0 spiro atoms. The van der Waals surface area contributed by atoms with Gasteiger partial charge in [-0.05, 0) is 42.5 Å². The molecule has 0 aliphatic heterocycles. The minimum Gasteiger partial charge on any atom is -0.451 e. The zero-order valence-electron chi connectivity index (χ0n) is 11.3. The quantitative estimate of drug-likeness (QED) is 0.739. The van der Waals surface area contributed by atoms with Crippen LogP contribution in [-0.2, 0) is 0 Å². The van der Waals surface area contributed by atoms with Crippen LogP contribution in [0.5, 0.6) is 0 Å². The number of carbonyl (C=O) groups excluding carboxylic acids is 1. The molecule has 3 aromatic rings. The second-order valence-electron chi connectivity index (χ2n) is 4.64. The first-order valence-corrected chi connectivity index (χ1v) is 6.92. The Morgan fingerprint density at radius 2 is 1.86 bits per heavy atom. The lowest BCUT2D eigenvalue weighted by molar-refractivity contribution is 0.0997. The third-order valence-electron chi connectivity index (χ3n) is 3.02. The smallest absolute Gasteiger partial charge is 0.291 e. The van der Waals surface area contributed by atoms with Crippen LogP contribution < -0.4 is 5.32 Å². The van der Waals surface area contributed by atoms with Crippen molar-refractivity contribution in [3.63, 3.8) is 0 Å². The Morgan fingerprint density at radius 1 is 1.05 bits per heavy atom. The highest BCUT2D eigenvalue weighted by Gasteiger charge is 2.13. The fraction of sp³-hybridized carbons (Fsp3) is 0. The molecule has 3 nitrogen and oxygen atoms in total. The summed E-state index contributed by atoms with van der Waals surface area (Å²) in [6, 6.07) is 16.0. The molecule has 0 bridgehead atoms. The van der Waals surface area contributed by atoms with Crippen LogP contribution in [0.15, 0.2) is 65.1 Å². The maximum Gasteiger partial charge on any atom is 0.291 e. The van der Waals surface area contributed by atoms with E-state index in [2.05, 4.69) is 5.32 Å². The molecule has 2 aromatic carbocycles. The number of benzene rings is 2. The van der Waals surface area contributed by atoms with Crippen molar-refractivity contribution in [2.45, 2.75) is 0 Å². The van der Waals surface area contributed by atoms with E-state index in [1.165, 1.54) is 18.2 Å². The summed E-state index contributed by atoms with van der Waals surface area (Å²) in [7, 11) is 0. The van der Waals surface area contributed by atoms with E-state index < -0.39 is 11.7 Å². The van der Waals surface area contributed by atoms with Crippen molar-refractivity contribution in [2.24, 2.45) is 0 Å².